The van der Waals surface area contributed by atoms with E-state index in [4.69, 9.17) is 5.73 Å². The van der Waals surface area contributed by atoms with Crippen LogP contribution in [0.15, 0.2) is 0 Å². The normalized spacial score (nSPS) is 30.1. The molecule has 1 rings (SSSR count). The van der Waals surface area contributed by atoms with Gasteiger partial charge < -0.3 is 20.5 Å². The molecule has 5 nitrogen and oxygen atoms in total. The number of methoxy groups -OCH3 is 1. The minimum atomic E-state index is -0.627. The summed E-state index contributed by atoms with van der Waals surface area (Å²) in [6.45, 7) is 0.832. The molecule has 0 aliphatic carbocycles. The van der Waals surface area contributed by atoms with Crippen LogP contribution in [0, 0.1) is 0 Å². The van der Waals surface area contributed by atoms with E-state index in [1.54, 1.807) is 0 Å². The fraction of sp³-hybridized carbons (Fsp3) is 0.857. The van der Waals surface area contributed by atoms with Gasteiger partial charge in [-0.05, 0) is 6.42 Å². The van der Waals surface area contributed by atoms with Gasteiger partial charge in [-0.1, -0.05) is 0 Å². The zero-order valence-electron chi connectivity index (χ0n) is 7.06. The summed E-state index contributed by atoms with van der Waals surface area (Å²) < 4.78 is 4.51. The van der Waals surface area contributed by atoms with Crippen molar-refractivity contribution in [2.45, 2.75) is 18.6 Å². The quantitative estimate of drug-likeness (QED) is 0.501. The summed E-state index contributed by atoms with van der Waals surface area (Å²) in [4.78, 5) is 12.4. The molecular weight excluding hydrogens is 160 g/mol. The molecule has 1 aliphatic rings. The third-order valence-corrected chi connectivity index (χ3v) is 2.07. The van der Waals surface area contributed by atoms with Gasteiger partial charge in [0, 0.05) is 12.6 Å². The molecule has 0 aromatic rings. The van der Waals surface area contributed by atoms with E-state index in [0.717, 1.165) is 0 Å². The smallest absolute Gasteiger partial charge is 0.409 e. The lowest BCUT2D eigenvalue weighted by Gasteiger charge is -2.32. The molecule has 0 aromatic carbocycles. The molecule has 0 saturated carbocycles. The summed E-state index contributed by atoms with van der Waals surface area (Å²) in [7, 11) is 1.32. The van der Waals surface area contributed by atoms with E-state index < -0.39 is 12.2 Å². The highest BCUT2D eigenvalue weighted by molar-refractivity contribution is 5.67. The van der Waals surface area contributed by atoms with Crippen LogP contribution in [-0.4, -0.2) is 48.4 Å². The van der Waals surface area contributed by atoms with Crippen LogP contribution < -0.4 is 5.73 Å². The van der Waals surface area contributed by atoms with Crippen LogP contribution in [0.2, 0.25) is 0 Å². The van der Waals surface area contributed by atoms with E-state index in [9.17, 15) is 9.90 Å². The molecule has 1 amide bonds. The van der Waals surface area contributed by atoms with Crippen LogP contribution in [0.25, 0.3) is 0 Å². The number of aliphatic hydroxyl groups excluding tert-OH is 1. The van der Waals surface area contributed by atoms with Crippen LogP contribution in [-0.2, 0) is 4.74 Å². The summed E-state index contributed by atoms with van der Waals surface area (Å²) >= 11 is 0. The van der Waals surface area contributed by atoms with Gasteiger partial charge in [0.1, 0.15) is 0 Å². The lowest BCUT2D eigenvalue weighted by atomic mass is 10.0. The van der Waals surface area contributed by atoms with Crippen molar-refractivity contribution in [2.24, 2.45) is 5.73 Å². The van der Waals surface area contributed by atoms with Gasteiger partial charge in [0.05, 0.1) is 19.8 Å². The molecule has 3 N–H and O–H groups in total. The predicted octanol–water partition coefficient (Wildman–Crippen LogP) is -0.853. The second-order valence-corrected chi connectivity index (χ2v) is 2.94. The van der Waals surface area contributed by atoms with Crippen LogP contribution in [0.4, 0.5) is 4.79 Å². The topological polar surface area (TPSA) is 75.8 Å². The maximum atomic E-state index is 11.0. The van der Waals surface area contributed by atoms with Gasteiger partial charge >= 0.3 is 6.09 Å². The largest absolute Gasteiger partial charge is 0.453 e. The Bertz CT molecular complexity index is 174. The SMILES string of the molecule is COC(=O)N1CCC(N)C(O)C1. The number of ether oxygens (including phenoxy) is 1. The molecule has 2 unspecified atom stereocenters. The Morgan fingerprint density at radius 2 is 2.42 bits per heavy atom. The Hall–Kier alpha value is -0.810. The Morgan fingerprint density at radius 1 is 1.75 bits per heavy atom. The molecule has 5 heteroatoms. The van der Waals surface area contributed by atoms with Gasteiger partial charge in [0.15, 0.2) is 0 Å². The van der Waals surface area contributed by atoms with E-state index in [0.29, 0.717) is 13.0 Å². The Morgan fingerprint density at radius 3 is 2.92 bits per heavy atom. The number of carbonyl (C=O) groups excluding carboxylic acids is 1. The van der Waals surface area contributed by atoms with Crippen LogP contribution in [0.5, 0.6) is 0 Å². The lowest BCUT2D eigenvalue weighted by Crippen LogP contribution is -2.52. The number of nitrogens with zero attached hydrogens (tertiary/aromatic N) is 1. The first-order chi connectivity index (χ1) is 5.65. The van der Waals surface area contributed by atoms with E-state index in [-0.39, 0.29) is 12.6 Å². The van der Waals surface area contributed by atoms with Crippen molar-refractivity contribution in [1.29, 1.82) is 0 Å². The predicted molar refractivity (Wildman–Crippen MR) is 42.6 cm³/mol. The number of hydrogen-bond acceptors (Lipinski definition) is 4. The fourth-order valence-corrected chi connectivity index (χ4v) is 1.24. The molecule has 1 heterocycles. The van der Waals surface area contributed by atoms with Crippen molar-refractivity contribution in [3.05, 3.63) is 0 Å². The number of piperidine rings is 1. The fourth-order valence-electron chi connectivity index (χ4n) is 1.24. The van der Waals surface area contributed by atoms with Crippen molar-refractivity contribution in [3.63, 3.8) is 0 Å². The summed E-state index contributed by atoms with van der Waals surface area (Å²) in [5.41, 5.74) is 5.55. The Balaban J connectivity index is 2.45. The second-order valence-electron chi connectivity index (χ2n) is 2.94. The number of rotatable bonds is 0. The van der Waals surface area contributed by atoms with Crippen molar-refractivity contribution >= 4 is 6.09 Å². The van der Waals surface area contributed by atoms with Gasteiger partial charge in [-0.3, -0.25) is 0 Å². The van der Waals surface area contributed by atoms with E-state index in [2.05, 4.69) is 4.74 Å². The number of hydrogen-bond donors (Lipinski definition) is 2. The maximum Gasteiger partial charge on any atom is 0.409 e. The number of nitrogens with two attached hydrogens (primary N) is 1. The summed E-state index contributed by atoms with van der Waals surface area (Å²) in [5.74, 6) is 0. The molecule has 12 heavy (non-hydrogen) atoms. The lowest BCUT2D eigenvalue weighted by molar-refractivity contribution is 0.0458. The minimum absolute atomic E-state index is 0.217. The highest BCUT2D eigenvalue weighted by atomic mass is 16.5. The van der Waals surface area contributed by atoms with Crippen molar-refractivity contribution < 1.29 is 14.6 Å². The number of carbonyl (C=O) groups is 1. The molecule has 1 saturated heterocycles. The van der Waals surface area contributed by atoms with Crippen molar-refractivity contribution in [3.8, 4) is 0 Å². The molecule has 0 bridgehead atoms. The molecule has 2 atom stereocenters. The van der Waals surface area contributed by atoms with Crippen LogP contribution in [0.3, 0.4) is 0 Å². The van der Waals surface area contributed by atoms with E-state index >= 15 is 0 Å². The molecule has 0 radical (unpaired) electrons. The maximum absolute atomic E-state index is 11.0. The van der Waals surface area contributed by atoms with Crippen molar-refractivity contribution in [2.75, 3.05) is 20.2 Å². The summed E-state index contributed by atoms with van der Waals surface area (Å²) in [6, 6.07) is -0.217. The third-order valence-electron chi connectivity index (χ3n) is 2.07. The molecular formula is C7H14N2O3. The van der Waals surface area contributed by atoms with Gasteiger partial charge in [0.25, 0.3) is 0 Å². The van der Waals surface area contributed by atoms with Gasteiger partial charge in [-0.25, -0.2) is 4.79 Å². The zero-order valence-corrected chi connectivity index (χ0v) is 7.06. The summed E-state index contributed by atoms with van der Waals surface area (Å²) in [6.07, 6.45) is -0.408. The van der Waals surface area contributed by atoms with Gasteiger partial charge in [0.2, 0.25) is 0 Å². The Kier molecular flexibility index (Phi) is 2.88. The average Bonchev–Trinajstić information content (AvgIpc) is 2.08. The zero-order chi connectivity index (χ0) is 9.14. The first-order valence-corrected chi connectivity index (χ1v) is 3.91. The first kappa shape index (κ1) is 9.28. The summed E-state index contributed by atoms with van der Waals surface area (Å²) in [5, 5.41) is 9.32. The highest BCUT2D eigenvalue weighted by Crippen LogP contribution is 2.09. The number of aliphatic hydroxyl groups is 1. The van der Waals surface area contributed by atoms with Crippen LogP contribution >= 0.6 is 0 Å². The second kappa shape index (κ2) is 3.73. The molecule has 0 spiro atoms. The first-order valence-electron chi connectivity index (χ1n) is 3.91. The van der Waals surface area contributed by atoms with Crippen molar-refractivity contribution in [1.82, 2.24) is 4.90 Å². The van der Waals surface area contributed by atoms with Gasteiger partial charge in [-0.15, -0.1) is 0 Å². The third kappa shape index (κ3) is 1.86. The monoisotopic (exact) mass is 174 g/mol. The average molecular weight is 174 g/mol. The molecule has 0 aromatic heterocycles. The van der Waals surface area contributed by atoms with E-state index in [1.165, 1.54) is 12.0 Å². The molecule has 1 fully saturated rings. The molecule has 1 aliphatic heterocycles. The number of amides is 1. The van der Waals surface area contributed by atoms with Gasteiger partial charge in [-0.2, -0.15) is 0 Å². The number of likely N-dealkylation sites (tertiary alicyclic amines) is 1. The number of β-amino-alcohol motifs (C(OH)–C–C–N with tert-alkyl or cyclic N) is 1. The molecule has 70 valence electrons. The Labute approximate surface area is 71.1 Å². The standard InChI is InChI=1S/C7H14N2O3/c1-12-7(11)9-3-2-5(8)6(10)4-9/h5-6,10H,2-4,8H2,1H3. The highest BCUT2D eigenvalue weighted by Gasteiger charge is 2.27. The van der Waals surface area contributed by atoms with E-state index in [1.807, 2.05) is 0 Å². The minimum Gasteiger partial charge on any atom is -0.453 e. The van der Waals surface area contributed by atoms with Crippen LogP contribution in [0.1, 0.15) is 6.42 Å².